The quantitative estimate of drug-likeness (QED) is 0.809. The number of hydrogen-bond acceptors (Lipinski definition) is 5. The van der Waals surface area contributed by atoms with E-state index in [9.17, 15) is 14.4 Å². The summed E-state index contributed by atoms with van der Waals surface area (Å²) in [5.74, 6) is -1.01. The molecule has 1 aromatic rings. The number of morpholine rings is 1. The van der Waals surface area contributed by atoms with Crippen LogP contribution in [0.1, 0.15) is 12.8 Å². The van der Waals surface area contributed by atoms with Crippen molar-refractivity contribution in [3.63, 3.8) is 0 Å². The summed E-state index contributed by atoms with van der Waals surface area (Å²) in [6, 6.07) is 9.11. The van der Waals surface area contributed by atoms with Crippen LogP contribution in [-0.2, 0) is 19.1 Å². The second-order valence-corrected chi connectivity index (χ2v) is 6.76. The largest absolute Gasteiger partial charge is 0.484 e. The van der Waals surface area contributed by atoms with Gasteiger partial charge in [-0.1, -0.05) is 18.2 Å². The van der Waals surface area contributed by atoms with Crippen LogP contribution in [0.3, 0.4) is 0 Å². The lowest BCUT2D eigenvalue weighted by Crippen LogP contribution is -2.53. The molecule has 2 atom stereocenters. The van der Waals surface area contributed by atoms with Crippen molar-refractivity contribution in [3.8, 4) is 5.75 Å². The van der Waals surface area contributed by atoms with Crippen LogP contribution in [-0.4, -0.2) is 78.2 Å². The van der Waals surface area contributed by atoms with Crippen LogP contribution >= 0.6 is 0 Å². The van der Waals surface area contributed by atoms with Gasteiger partial charge in [0.05, 0.1) is 19.1 Å². The van der Waals surface area contributed by atoms with Gasteiger partial charge in [0.1, 0.15) is 5.75 Å². The zero-order valence-corrected chi connectivity index (χ0v) is 15.1. The van der Waals surface area contributed by atoms with E-state index in [1.807, 2.05) is 18.2 Å². The summed E-state index contributed by atoms with van der Waals surface area (Å²) >= 11 is 0. The highest BCUT2D eigenvalue weighted by molar-refractivity contribution is 5.83. The van der Waals surface area contributed by atoms with Gasteiger partial charge in [-0.2, -0.15) is 0 Å². The Labute approximate surface area is 157 Å². The molecular formula is C19H24N2O6. The van der Waals surface area contributed by atoms with Crippen LogP contribution in [0.2, 0.25) is 0 Å². The van der Waals surface area contributed by atoms with Gasteiger partial charge in [-0.05, 0) is 25.0 Å². The minimum Gasteiger partial charge on any atom is -0.484 e. The molecule has 0 saturated carbocycles. The number of nitrogens with zero attached hydrogens (tertiary/aromatic N) is 2. The van der Waals surface area contributed by atoms with Crippen molar-refractivity contribution < 1.29 is 29.0 Å². The number of ether oxygens (including phenoxy) is 2. The third-order valence-electron chi connectivity index (χ3n) is 4.88. The number of para-hydroxylation sites is 1. The molecule has 2 saturated heterocycles. The van der Waals surface area contributed by atoms with E-state index in [4.69, 9.17) is 14.6 Å². The molecule has 146 valence electrons. The number of rotatable bonds is 5. The van der Waals surface area contributed by atoms with Crippen LogP contribution in [0.4, 0.5) is 0 Å². The summed E-state index contributed by atoms with van der Waals surface area (Å²) in [5, 5.41) is 9.09. The number of likely N-dealkylation sites (tertiary alicyclic amines) is 1. The predicted octanol–water partition coefficient (Wildman–Crippen LogP) is 0.616. The summed E-state index contributed by atoms with van der Waals surface area (Å²) < 4.78 is 10.7. The number of carbonyl (C=O) groups is 3. The predicted molar refractivity (Wildman–Crippen MR) is 95.2 cm³/mol. The monoisotopic (exact) mass is 376 g/mol. The number of carbonyl (C=O) groups excluding carboxylic acids is 2. The molecule has 2 amide bonds. The fourth-order valence-electron chi connectivity index (χ4n) is 3.42. The lowest BCUT2D eigenvalue weighted by Gasteiger charge is -2.37. The fraction of sp³-hybridized carbons (Fsp3) is 0.526. The number of amides is 2. The smallest absolute Gasteiger partial charge is 0.334 e. The Morgan fingerprint density at radius 2 is 1.89 bits per heavy atom. The lowest BCUT2D eigenvalue weighted by atomic mass is 9.96. The van der Waals surface area contributed by atoms with Gasteiger partial charge in [0.25, 0.3) is 5.91 Å². The van der Waals surface area contributed by atoms with E-state index in [2.05, 4.69) is 0 Å². The average molecular weight is 376 g/mol. The molecule has 8 heteroatoms. The van der Waals surface area contributed by atoms with Crippen LogP contribution in [0.25, 0.3) is 0 Å². The Morgan fingerprint density at radius 3 is 2.63 bits per heavy atom. The molecule has 0 aromatic heterocycles. The highest BCUT2D eigenvalue weighted by Gasteiger charge is 2.35. The first-order valence-electron chi connectivity index (χ1n) is 9.13. The molecule has 0 spiro atoms. The van der Waals surface area contributed by atoms with Gasteiger partial charge < -0.3 is 24.4 Å². The number of hydrogen-bond donors (Lipinski definition) is 1. The second-order valence-electron chi connectivity index (χ2n) is 6.76. The van der Waals surface area contributed by atoms with Crippen molar-refractivity contribution in [2.45, 2.75) is 18.9 Å². The van der Waals surface area contributed by atoms with Crippen LogP contribution in [0.5, 0.6) is 5.75 Å². The Kier molecular flexibility index (Phi) is 6.28. The molecule has 2 fully saturated rings. The Balaban J connectivity index is 1.53. The summed E-state index contributed by atoms with van der Waals surface area (Å²) in [6.45, 7) is 1.51. The number of piperidine rings is 1. The Morgan fingerprint density at radius 1 is 1.11 bits per heavy atom. The van der Waals surface area contributed by atoms with Gasteiger partial charge in [0.2, 0.25) is 5.91 Å². The first-order valence-corrected chi connectivity index (χ1v) is 9.13. The molecule has 2 unspecified atom stereocenters. The van der Waals surface area contributed by atoms with Crippen molar-refractivity contribution in [2.75, 3.05) is 39.4 Å². The molecular weight excluding hydrogens is 352 g/mol. The lowest BCUT2D eigenvalue weighted by molar-refractivity contribution is -0.161. The summed E-state index contributed by atoms with van der Waals surface area (Å²) in [4.78, 5) is 39.5. The molecule has 3 rings (SSSR count). The van der Waals surface area contributed by atoms with Gasteiger partial charge >= 0.3 is 5.97 Å². The van der Waals surface area contributed by atoms with Gasteiger partial charge in [-0.25, -0.2) is 4.79 Å². The molecule has 2 aliphatic rings. The van der Waals surface area contributed by atoms with E-state index in [0.29, 0.717) is 31.8 Å². The second kappa shape index (κ2) is 8.85. The van der Waals surface area contributed by atoms with Crippen molar-refractivity contribution in [2.24, 2.45) is 5.92 Å². The molecule has 1 N–H and O–H groups in total. The fourth-order valence-corrected chi connectivity index (χ4v) is 3.42. The van der Waals surface area contributed by atoms with Crippen molar-refractivity contribution in [1.82, 2.24) is 9.80 Å². The molecule has 0 bridgehead atoms. The molecule has 1 aromatic carbocycles. The standard InChI is InChI=1S/C19H24N2O6/c22-17(13-27-15-6-2-1-3-7-15)20-8-4-5-14(11-20)18(23)21-9-10-26-16(12-21)19(24)25/h1-3,6-7,14,16H,4-5,8-13H2,(H,24,25). The number of benzene rings is 1. The highest BCUT2D eigenvalue weighted by Crippen LogP contribution is 2.21. The number of carboxylic acid groups (broad SMARTS) is 1. The van der Waals surface area contributed by atoms with E-state index >= 15 is 0 Å². The van der Waals surface area contributed by atoms with E-state index in [1.165, 1.54) is 0 Å². The van der Waals surface area contributed by atoms with Crippen molar-refractivity contribution in [1.29, 1.82) is 0 Å². The van der Waals surface area contributed by atoms with Crippen LogP contribution < -0.4 is 4.74 Å². The van der Waals surface area contributed by atoms with Gasteiger partial charge in [-0.3, -0.25) is 9.59 Å². The average Bonchev–Trinajstić information content (AvgIpc) is 2.72. The zero-order valence-electron chi connectivity index (χ0n) is 15.1. The van der Waals surface area contributed by atoms with Crippen LogP contribution in [0, 0.1) is 5.92 Å². The Bertz CT molecular complexity index is 680. The summed E-state index contributed by atoms with van der Waals surface area (Å²) in [6.07, 6.45) is 0.445. The van der Waals surface area contributed by atoms with E-state index in [1.54, 1.807) is 21.9 Å². The maximum atomic E-state index is 12.8. The zero-order chi connectivity index (χ0) is 19.2. The molecule has 0 aliphatic carbocycles. The first kappa shape index (κ1) is 19.2. The SMILES string of the molecule is O=C(O)C1CN(C(=O)C2CCCN(C(=O)COc3ccccc3)C2)CCO1. The first-order chi connectivity index (χ1) is 13.0. The third kappa shape index (κ3) is 4.97. The molecule has 2 aliphatic heterocycles. The molecule has 0 radical (unpaired) electrons. The number of aliphatic carboxylic acids is 1. The molecule has 2 heterocycles. The third-order valence-corrected chi connectivity index (χ3v) is 4.88. The van der Waals surface area contributed by atoms with E-state index in [0.717, 1.165) is 6.42 Å². The molecule has 27 heavy (non-hydrogen) atoms. The minimum atomic E-state index is -1.06. The van der Waals surface area contributed by atoms with Crippen molar-refractivity contribution in [3.05, 3.63) is 30.3 Å². The minimum absolute atomic E-state index is 0.0513. The van der Waals surface area contributed by atoms with Crippen LogP contribution in [0.15, 0.2) is 30.3 Å². The van der Waals surface area contributed by atoms with E-state index < -0.39 is 12.1 Å². The van der Waals surface area contributed by atoms with Gasteiger partial charge in [0, 0.05) is 19.6 Å². The van der Waals surface area contributed by atoms with Gasteiger partial charge in [-0.15, -0.1) is 0 Å². The highest BCUT2D eigenvalue weighted by atomic mass is 16.5. The number of carboxylic acids is 1. The maximum Gasteiger partial charge on any atom is 0.334 e. The Hall–Kier alpha value is -2.61. The summed E-state index contributed by atoms with van der Waals surface area (Å²) in [7, 11) is 0. The summed E-state index contributed by atoms with van der Waals surface area (Å²) in [5.41, 5.74) is 0. The molecule has 8 nitrogen and oxygen atoms in total. The van der Waals surface area contributed by atoms with Crippen molar-refractivity contribution >= 4 is 17.8 Å². The van der Waals surface area contributed by atoms with E-state index in [-0.39, 0.29) is 37.5 Å². The topological polar surface area (TPSA) is 96.4 Å². The van der Waals surface area contributed by atoms with Gasteiger partial charge in [0.15, 0.2) is 12.7 Å². The maximum absolute atomic E-state index is 12.8. The normalized spacial score (nSPS) is 23.0.